The summed E-state index contributed by atoms with van der Waals surface area (Å²) in [5, 5.41) is 0. The molecule has 0 radical (unpaired) electrons. The van der Waals surface area contributed by atoms with Crippen LogP contribution in [0.25, 0.3) is 0 Å². The van der Waals surface area contributed by atoms with Gasteiger partial charge in [0.05, 0.1) is 0 Å². The second-order valence-corrected chi connectivity index (χ2v) is 4.01. The van der Waals surface area contributed by atoms with Gasteiger partial charge in [0.15, 0.2) is 0 Å². The molecule has 1 heteroatoms. The highest BCUT2D eigenvalue weighted by molar-refractivity contribution is 5.27. The van der Waals surface area contributed by atoms with Crippen molar-refractivity contribution >= 4 is 0 Å². The van der Waals surface area contributed by atoms with Gasteiger partial charge in [-0.1, -0.05) is 34.9 Å². The summed E-state index contributed by atoms with van der Waals surface area (Å²) in [4.78, 5) is 2.00. The summed E-state index contributed by atoms with van der Waals surface area (Å²) in [5.41, 5.74) is 4.06. The predicted octanol–water partition coefficient (Wildman–Crippen LogP) is 2.79. The first-order chi connectivity index (χ1) is 5.91. The topological polar surface area (TPSA) is 3.24 Å². The molecule has 0 saturated carbocycles. The number of aryl methyl sites for hydroxylation is 3. The monoisotopic (exact) mass is 179 g/mol. The van der Waals surface area contributed by atoms with Gasteiger partial charge in [-0.25, -0.2) is 0 Å². The van der Waals surface area contributed by atoms with E-state index >= 15 is 0 Å². The van der Waals surface area contributed by atoms with Crippen molar-refractivity contribution in [1.29, 1.82) is 0 Å². The molecule has 74 valence electrons. The van der Waals surface area contributed by atoms with Crippen molar-refractivity contribution in [2.24, 2.45) is 0 Å². The minimum atomic E-state index is 1.35. The molecule has 1 aromatic rings. The molecule has 0 aliphatic rings. The molecule has 0 saturated heterocycles. The second kappa shape index (κ2) is 5.76. The van der Waals surface area contributed by atoms with Crippen LogP contribution in [0.4, 0.5) is 0 Å². The van der Waals surface area contributed by atoms with Gasteiger partial charge in [-0.3, -0.25) is 0 Å². The van der Waals surface area contributed by atoms with E-state index in [1.165, 1.54) is 16.7 Å². The van der Waals surface area contributed by atoms with Gasteiger partial charge in [0, 0.05) is 0 Å². The quantitative estimate of drug-likeness (QED) is 0.592. The van der Waals surface area contributed by atoms with Gasteiger partial charge in [-0.15, -0.1) is 0 Å². The van der Waals surface area contributed by atoms with E-state index in [4.69, 9.17) is 0 Å². The number of benzene rings is 1. The summed E-state index contributed by atoms with van der Waals surface area (Å²) in [7, 11) is 6.00. The van der Waals surface area contributed by atoms with Gasteiger partial charge >= 0.3 is 0 Å². The van der Waals surface area contributed by atoms with E-state index in [9.17, 15) is 0 Å². The van der Waals surface area contributed by atoms with Crippen LogP contribution in [-0.2, 0) is 0 Å². The number of rotatable bonds is 0. The molecule has 0 fully saturated rings. The largest absolute Gasteiger partial charge is 0.312 e. The van der Waals surface area contributed by atoms with Gasteiger partial charge in [0.1, 0.15) is 0 Å². The molecule has 1 aromatic carbocycles. The Kier molecular flexibility index (Phi) is 5.40. The van der Waals surface area contributed by atoms with Crippen LogP contribution in [0.15, 0.2) is 18.2 Å². The lowest BCUT2D eigenvalue weighted by Gasteiger charge is -1.96. The second-order valence-electron chi connectivity index (χ2n) is 4.01. The molecule has 13 heavy (non-hydrogen) atoms. The number of hydrogen-bond acceptors (Lipinski definition) is 1. The van der Waals surface area contributed by atoms with Crippen molar-refractivity contribution in [3.8, 4) is 0 Å². The molecule has 1 nitrogen and oxygen atoms in total. The van der Waals surface area contributed by atoms with Gasteiger partial charge in [0.2, 0.25) is 0 Å². The van der Waals surface area contributed by atoms with E-state index in [-0.39, 0.29) is 0 Å². The van der Waals surface area contributed by atoms with Gasteiger partial charge in [0.25, 0.3) is 0 Å². The minimum Gasteiger partial charge on any atom is -0.312 e. The van der Waals surface area contributed by atoms with Crippen LogP contribution in [0.5, 0.6) is 0 Å². The summed E-state index contributed by atoms with van der Waals surface area (Å²) in [6.07, 6.45) is 0. The fraction of sp³-hybridized carbons (Fsp3) is 0.500. The van der Waals surface area contributed by atoms with E-state index in [1.54, 1.807) is 0 Å². The molecule has 0 N–H and O–H groups in total. The molecule has 0 atom stereocenters. The summed E-state index contributed by atoms with van der Waals surface area (Å²) in [5.74, 6) is 0. The lowest BCUT2D eigenvalue weighted by molar-refractivity contribution is 0.505. The normalized spacial score (nSPS) is 9.46. The lowest BCUT2D eigenvalue weighted by atomic mass is 10.1. The first-order valence-corrected chi connectivity index (χ1v) is 4.57. The van der Waals surface area contributed by atoms with Gasteiger partial charge in [-0.05, 0) is 41.9 Å². The van der Waals surface area contributed by atoms with E-state index in [1.807, 2.05) is 26.0 Å². The highest BCUT2D eigenvalue weighted by atomic mass is 15.0. The maximum absolute atomic E-state index is 2.19. The molecule has 0 aliphatic heterocycles. The van der Waals surface area contributed by atoms with Gasteiger partial charge in [-0.2, -0.15) is 0 Å². The third-order valence-electron chi connectivity index (χ3n) is 1.37. The molecule has 0 aromatic heterocycles. The number of hydrogen-bond donors (Lipinski definition) is 0. The molecule has 0 amide bonds. The molecular formula is C12H21N. The first-order valence-electron chi connectivity index (χ1n) is 4.57. The van der Waals surface area contributed by atoms with Crippen LogP contribution < -0.4 is 0 Å². The minimum absolute atomic E-state index is 1.35. The average molecular weight is 179 g/mol. The maximum atomic E-state index is 2.19. The SMILES string of the molecule is CN(C)C.Cc1cc(C)cc(C)c1. The van der Waals surface area contributed by atoms with E-state index in [2.05, 4.69) is 39.0 Å². The molecule has 0 heterocycles. The Morgan fingerprint density at radius 2 is 0.846 bits per heavy atom. The van der Waals surface area contributed by atoms with Crippen LogP contribution in [-0.4, -0.2) is 26.0 Å². The highest BCUT2D eigenvalue weighted by Crippen LogP contribution is 2.06. The standard InChI is InChI=1S/C9H12.C3H9N/c1-7-4-8(2)6-9(3)5-7;1-4(2)3/h4-6H,1-3H3;1-3H3. The van der Waals surface area contributed by atoms with Crippen LogP contribution in [0.2, 0.25) is 0 Å². The lowest BCUT2D eigenvalue weighted by Crippen LogP contribution is -1.99. The van der Waals surface area contributed by atoms with Crippen LogP contribution >= 0.6 is 0 Å². The maximum Gasteiger partial charge on any atom is -0.0140 e. The third kappa shape index (κ3) is 7.54. The highest BCUT2D eigenvalue weighted by Gasteiger charge is 1.87. The van der Waals surface area contributed by atoms with Gasteiger partial charge < -0.3 is 4.90 Å². The zero-order valence-corrected chi connectivity index (χ0v) is 9.68. The molecule has 0 spiro atoms. The molecular weight excluding hydrogens is 158 g/mol. The predicted molar refractivity (Wildman–Crippen MR) is 60.3 cm³/mol. The molecule has 0 aliphatic carbocycles. The van der Waals surface area contributed by atoms with Crippen molar-refractivity contribution in [3.05, 3.63) is 34.9 Å². The van der Waals surface area contributed by atoms with Crippen molar-refractivity contribution in [2.75, 3.05) is 21.1 Å². The summed E-state index contributed by atoms with van der Waals surface area (Å²) in [6.45, 7) is 6.38. The fourth-order valence-electron chi connectivity index (χ4n) is 1.20. The third-order valence-corrected chi connectivity index (χ3v) is 1.37. The van der Waals surface area contributed by atoms with E-state index in [0.717, 1.165) is 0 Å². The smallest absolute Gasteiger partial charge is 0.0140 e. The first kappa shape index (κ1) is 12.2. The van der Waals surface area contributed by atoms with Crippen LogP contribution in [0.3, 0.4) is 0 Å². The molecule has 0 unspecified atom stereocenters. The van der Waals surface area contributed by atoms with Crippen molar-refractivity contribution in [1.82, 2.24) is 4.90 Å². The summed E-state index contributed by atoms with van der Waals surface area (Å²) in [6, 6.07) is 6.56. The zero-order chi connectivity index (χ0) is 10.4. The summed E-state index contributed by atoms with van der Waals surface area (Å²) >= 11 is 0. The van der Waals surface area contributed by atoms with E-state index in [0.29, 0.717) is 0 Å². The van der Waals surface area contributed by atoms with Crippen LogP contribution in [0.1, 0.15) is 16.7 Å². The molecule has 0 bridgehead atoms. The Morgan fingerprint density at radius 1 is 0.692 bits per heavy atom. The molecule has 1 rings (SSSR count). The fourth-order valence-corrected chi connectivity index (χ4v) is 1.20. The Balaban J connectivity index is 0.000000310. The van der Waals surface area contributed by atoms with Crippen molar-refractivity contribution < 1.29 is 0 Å². The van der Waals surface area contributed by atoms with Crippen LogP contribution in [0, 0.1) is 20.8 Å². The van der Waals surface area contributed by atoms with E-state index < -0.39 is 0 Å². The average Bonchev–Trinajstić information content (AvgIpc) is 1.80. The Labute approximate surface area is 82.4 Å². The summed E-state index contributed by atoms with van der Waals surface area (Å²) < 4.78 is 0. The number of nitrogens with zero attached hydrogens (tertiary/aromatic N) is 1. The Morgan fingerprint density at radius 3 is 1.00 bits per heavy atom. The van der Waals surface area contributed by atoms with Crippen molar-refractivity contribution in [3.63, 3.8) is 0 Å². The zero-order valence-electron chi connectivity index (χ0n) is 9.68. The Hall–Kier alpha value is -0.820. The Bertz CT molecular complexity index is 198. The van der Waals surface area contributed by atoms with Crippen molar-refractivity contribution in [2.45, 2.75) is 20.8 Å².